The van der Waals surface area contributed by atoms with Gasteiger partial charge in [-0.3, -0.25) is 4.55 Å². The molecule has 0 radical (unpaired) electrons. The highest BCUT2D eigenvalue weighted by atomic mass is 32.2. The third kappa shape index (κ3) is 6.02. The number of nitrogens with zero attached hydrogens (tertiary/aromatic N) is 1. The van der Waals surface area contributed by atoms with Crippen molar-refractivity contribution in [2.45, 2.75) is 63.5 Å². The Labute approximate surface area is 146 Å². The fourth-order valence-corrected chi connectivity index (χ4v) is 4.15. The zero-order valence-corrected chi connectivity index (χ0v) is 15.5. The molecular formula is C19H30NO3S+. The SMILES string of the molecule is CCCCCCCCC(C[N+]1=Cc2ccccc2CC1)S(=O)(=O)O. The molecule has 0 aliphatic carbocycles. The van der Waals surface area contributed by atoms with Gasteiger partial charge >= 0.3 is 0 Å². The van der Waals surface area contributed by atoms with E-state index in [1.165, 1.54) is 24.8 Å². The Morgan fingerprint density at radius 1 is 1.12 bits per heavy atom. The summed E-state index contributed by atoms with van der Waals surface area (Å²) >= 11 is 0. The molecule has 24 heavy (non-hydrogen) atoms. The van der Waals surface area contributed by atoms with Crippen molar-refractivity contribution in [1.82, 2.24) is 0 Å². The summed E-state index contributed by atoms with van der Waals surface area (Å²) in [6.45, 7) is 3.36. The summed E-state index contributed by atoms with van der Waals surface area (Å²) in [6, 6.07) is 8.19. The van der Waals surface area contributed by atoms with Crippen molar-refractivity contribution in [3.63, 3.8) is 0 Å². The Balaban J connectivity index is 1.91. The average molecular weight is 353 g/mol. The first kappa shape index (κ1) is 19.1. The van der Waals surface area contributed by atoms with E-state index in [4.69, 9.17) is 0 Å². The number of hydrogen-bond acceptors (Lipinski definition) is 2. The minimum atomic E-state index is -4.00. The maximum atomic E-state index is 11.7. The van der Waals surface area contributed by atoms with E-state index in [-0.39, 0.29) is 0 Å². The fraction of sp³-hybridized carbons (Fsp3) is 0.632. The van der Waals surface area contributed by atoms with Crippen LogP contribution in [0.5, 0.6) is 0 Å². The molecule has 134 valence electrons. The van der Waals surface area contributed by atoms with Gasteiger partial charge in [0.1, 0.15) is 11.8 Å². The van der Waals surface area contributed by atoms with Gasteiger partial charge in [0.05, 0.1) is 0 Å². The number of benzene rings is 1. The Morgan fingerprint density at radius 3 is 2.58 bits per heavy atom. The Bertz CT molecular complexity index is 652. The third-order valence-corrected chi connectivity index (χ3v) is 6.01. The van der Waals surface area contributed by atoms with Crippen LogP contribution in [0.2, 0.25) is 0 Å². The van der Waals surface area contributed by atoms with E-state index in [1.807, 2.05) is 22.9 Å². The predicted octanol–water partition coefficient (Wildman–Crippen LogP) is 3.68. The molecule has 0 aromatic heterocycles. The van der Waals surface area contributed by atoms with Crippen molar-refractivity contribution in [3.05, 3.63) is 35.4 Å². The van der Waals surface area contributed by atoms with Crippen LogP contribution in [-0.2, 0) is 16.5 Å². The zero-order valence-electron chi connectivity index (χ0n) is 14.7. The second kappa shape index (κ2) is 9.33. The van der Waals surface area contributed by atoms with Crippen molar-refractivity contribution in [2.24, 2.45) is 0 Å². The van der Waals surface area contributed by atoms with E-state index in [9.17, 15) is 13.0 Å². The molecule has 1 aliphatic rings. The van der Waals surface area contributed by atoms with Crippen LogP contribution < -0.4 is 0 Å². The summed E-state index contributed by atoms with van der Waals surface area (Å²) < 4.78 is 35.1. The van der Waals surface area contributed by atoms with Gasteiger partial charge in [-0.25, -0.2) is 4.58 Å². The highest BCUT2D eigenvalue weighted by Crippen LogP contribution is 2.16. The first-order valence-electron chi connectivity index (χ1n) is 9.14. The normalized spacial score (nSPS) is 15.7. The highest BCUT2D eigenvalue weighted by Gasteiger charge is 2.29. The molecule has 2 rings (SSSR count). The first-order chi connectivity index (χ1) is 11.5. The molecular weight excluding hydrogens is 322 g/mol. The number of unbranched alkanes of at least 4 members (excludes halogenated alkanes) is 5. The van der Waals surface area contributed by atoms with Gasteiger partial charge in [0.15, 0.2) is 12.8 Å². The monoisotopic (exact) mass is 352 g/mol. The predicted molar refractivity (Wildman–Crippen MR) is 98.6 cm³/mol. The van der Waals surface area contributed by atoms with Crippen LogP contribution in [-0.4, -0.2) is 42.1 Å². The van der Waals surface area contributed by atoms with E-state index in [0.29, 0.717) is 13.0 Å². The summed E-state index contributed by atoms with van der Waals surface area (Å²) in [5, 5.41) is -0.690. The van der Waals surface area contributed by atoms with Gasteiger partial charge in [-0.2, -0.15) is 8.42 Å². The van der Waals surface area contributed by atoms with Gasteiger partial charge in [-0.1, -0.05) is 63.6 Å². The summed E-state index contributed by atoms with van der Waals surface area (Å²) in [6.07, 6.45) is 10.2. The van der Waals surface area contributed by atoms with Gasteiger partial charge in [-0.05, 0) is 18.1 Å². The van der Waals surface area contributed by atoms with Crippen molar-refractivity contribution in [1.29, 1.82) is 0 Å². The molecule has 5 heteroatoms. The molecule has 1 N–H and O–H groups in total. The molecule has 1 aromatic carbocycles. The molecule has 0 spiro atoms. The molecule has 1 atom stereocenters. The Kier molecular flexibility index (Phi) is 7.43. The minimum Gasteiger partial charge on any atom is -0.285 e. The molecule has 0 amide bonds. The standard InChI is InChI=1S/C19H29NO3S/c1-2-3-4-5-6-7-12-19(24(21,22)23)16-20-14-13-17-10-8-9-11-18(17)15-20/h8-11,15,19H,2-7,12-14,16H2,1H3/p+1. The lowest BCUT2D eigenvalue weighted by Gasteiger charge is -2.16. The quantitative estimate of drug-likeness (QED) is 0.397. The Hall–Kier alpha value is -1.20. The lowest BCUT2D eigenvalue weighted by atomic mass is 10.0. The van der Waals surface area contributed by atoms with E-state index in [0.717, 1.165) is 37.8 Å². The largest absolute Gasteiger partial charge is 0.285 e. The van der Waals surface area contributed by atoms with Crippen molar-refractivity contribution >= 4 is 16.3 Å². The smallest absolute Gasteiger partial charge is 0.274 e. The second-order valence-electron chi connectivity index (χ2n) is 6.77. The van der Waals surface area contributed by atoms with Gasteiger partial charge in [0.25, 0.3) is 10.1 Å². The maximum Gasteiger partial charge on any atom is 0.274 e. The molecule has 0 saturated carbocycles. The van der Waals surface area contributed by atoms with Crippen LogP contribution in [0.1, 0.15) is 63.0 Å². The van der Waals surface area contributed by atoms with Gasteiger partial charge < -0.3 is 0 Å². The number of rotatable bonds is 10. The molecule has 1 heterocycles. The first-order valence-corrected chi connectivity index (χ1v) is 10.6. The molecule has 1 unspecified atom stereocenters. The van der Waals surface area contributed by atoms with Crippen LogP contribution in [0.15, 0.2) is 24.3 Å². The van der Waals surface area contributed by atoms with Crippen molar-refractivity contribution in [2.75, 3.05) is 13.1 Å². The van der Waals surface area contributed by atoms with E-state index in [1.54, 1.807) is 0 Å². The van der Waals surface area contributed by atoms with E-state index < -0.39 is 15.4 Å². The number of fused-ring (bicyclic) bond motifs is 1. The van der Waals surface area contributed by atoms with Crippen molar-refractivity contribution < 1.29 is 17.5 Å². The van der Waals surface area contributed by atoms with Crippen LogP contribution in [0.4, 0.5) is 0 Å². The lowest BCUT2D eigenvalue weighted by Crippen LogP contribution is -2.35. The average Bonchev–Trinajstić information content (AvgIpc) is 2.56. The second-order valence-corrected chi connectivity index (χ2v) is 8.46. The van der Waals surface area contributed by atoms with Crippen molar-refractivity contribution in [3.8, 4) is 0 Å². The summed E-state index contributed by atoms with van der Waals surface area (Å²) in [5.41, 5.74) is 2.45. The van der Waals surface area contributed by atoms with Crippen LogP contribution in [0.25, 0.3) is 0 Å². The summed E-state index contributed by atoms with van der Waals surface area (Å²) in [7, 11) is -4.00. The van der Waals surface area contributed by atoms with Crippen LogP contribution >= 0.6 is 0 Å². The number of hydrogen-bond donors (Lipinski definition) is 1. The topological polar surface area (TPSA) is 57.4 Å². The minimum absolute atomic E-state index is 0.377. The highest BCUT2D eigenvalue weighted by molar-refractivity contribution is 7.86. The van der Waals surface area contributed by atoms with Gasteiger partial charge in [0.2, 0.25) is 0 Å². The summed E-state index contributed by atoms with van der Waals surface area (Å²) in [4.78, 5) is 0. The van der Waals surface area contributed by atoms with Gasteiger partial charge in [-0.15, -0.1) is 0 Å². The van der Waals surface area contributed by atoms with E-state index in [2.05, 4.69) is 19.1 Å². The molecule has 1 aromatic rings. The fourth-order valence-electron chi connectivity index (χ4n) is 3.31. The summed E-state index contributed by atoms with van der Waals surface area (Å²) in [5.74, 6) is 0. The molecule has 0 saturated heterocycles. The maximum absolute atomic E-state index is 11.7. The van der Waals surface area contributed by atoms with Crippen LogP contribution in [0.3, 0.4) is 0 Å². The Morgan fingerprint density at radius 2 is 1.83 bits per heavy atom. The van der Waals surface area contributed by atoms with Gasteiger partial charge in [0, 0.05) is 12.0 Å². The molecule has 1 aliphatic heterocycles. The van der Waals surface area contributed by atoms with E-state index >= 15 is 0 Å². The zero-order chi connectivity index (χ0) is 17.4. The molecule has 0 fully saturated rings. The van der Waals surface area contributed by atoms with Crippen LogP contribution in [0, 0.1) is 0 Å². The lowest BCUT2D eigenvalue weighted by molar-refractivity contribution is -0.523. The third-order valence-electron chi connectivity index (χ3n) is 4.78. The molecule has 0 bridgehead atoms. The molecule has 4 nitrogen and oxygen atoms in total.